The van der Waals surface area contributed by atoms with E-state index in [1.54, 1.807) is 18.2 Å². The fraction of sp³-hybridized carbons (Fsp3) is 0.625. The van der Waals surface area contributed by atoms with Gasteiger partial charge in [0.05, 0.1) is 18.3 Å². The van der Waals surface area contributed by atoms with Crippen LogP contribution in [0.1, 0.15) is 19.8 Å². The molecule has 0 aromatic carbocycles. The van der Waals surface area contributed by atoms with E-state index in [9.17, 15) is 20.1 Å². The Morgan fingerprint density at radius 3 is 1.48 bits per heavy atom. The third-order valence-corrected chi connectivity index (χ3v) is 8.03. The first-order chi connectivity index (χ1) is 13.9. The Morgan fingerprint density at radius 2 is 1.03 bits per heavy atom. The normalized spacial score (nSPS) is 52.1. The number of carbonyl (C=O) groups excluding carboxylic acids is 1. The molecule has 5 heteroatoms. The summed E-state index contributed by atoms with van der Waals surface area (Å²) in [5.74, 6) is 2.77. The van der Waals surface area contributed by atoms with Gasteiger partial charge < -0.3 is 20.1 Å². The molecule has 4 bridgehead atoms. The molecule has 5 nitrogen and oxygen atoms in total. The SMILES string of the molecule is CC(=O)O[C@@H]1C=C[C@H](O)[C@H]2[C@@H]1[C@H]1C=C[C@@H]2C1.O[C@@H]1C=C[C@H](O)[C@H]2[C@@H]1[C@H]1C=C[C@@H]2C1. The second-order valence-electron chi connectivity index (χ2n) is 9.52. The van der Waals surface area contributed by atoms with Crippen molar-refractivity contribution < 1.29 is 24.9 Å². The minimum absolute atomic E-state index is 0.147. The largest absolute Gasteiger partial charge is 0.458 e. The average molecular weight is 398 g/mol. The van der Waals surface area contributed by atoms with Crippen LogP contribution >= 0.6 is 0 Å². The highest BCUT2D eigenvalue weighted by molar-refractivity contribution is 5.66. The molecule has 0 unspecified atom stereocenters. The van der Waals surface area contributed by atoms with Crippen molar-refractivity contribution in [3.05, 3.63) is 48.6 Å². The lowest BCUT2D eigenvalue weighted by Crippen LogP contribution is -2.41. The van der Waals surface area contributed by atoms with Gasteiger partial charge in [0.25, 0.3) is 0 Å². The van der Waals surface area contributed by atoms with E-state index in [0.29, 0.717) is 23.7 Å². The summed E-state index contributed by atoms with van der Waals surface area (Å²) in [6.07, 6.45) is 17.0. The molecule has 0 aromatic heterocycles. The zero-order valence-electron chi connectivity index (χ0n) is 16.6. The van der Waals surface area contributed by atoms with Crippen LogP contribution in [0.5, 0.6) is 0 Å². The summed E-state index contributed by atoms with van der Waals surface area (Å²) in [4.78, 5) is 11.1. The predicted molar refractivity (Wildman–Crippen MR) is 107 cm³/mol. The molecule has 2 fully saturated rings. The van der Waals surface area contributed by atoms with Crippen LogP contribution in [0.25, 0.3) is 0 Å². The van der Waals surface area contributed by atoms with Gasteiger partial charge in [-0.05, 0) is 42.6 Å². The Hall–Kier alpha value is -1.69. The number of aliphatic hydroxyl groups excluding tert-OH is 3. The van der Waals surface area contributed by atoms with E-state index in [2.05, 4.69) is 24.3 Å². The van der Waals surface area contributed by atoms with Crippen molar-refractivity contribution in [2.45, 2.75) is 44.2 Å². The summed E-state index contributed by atoms with van der Waals surface area (Å²) in [7, 11) is 0. The van der Waals surface area contributed by atoms with Gasteiger partial charge in [-0.1, -0.05) is 42.5 Å². The Balaban J connectivity index is 0.000000128. The van der Waals surface area contributed by atoms with Crippen molar-refractivity contribution in [2.75, 3.05) is 0 Å². The van der Waals surface area contributed by atoms with Crippen molar-refractivity contribution in [3.8, 4) is 0 Å². The van der Waals surface area contributed by atoms with E-state index in [1.807, 2.05) is 6.08 Å². The minimum Gasteiger partial charge on any atom is -0.458 e. The Morgan fingerprint density at radius 1 is 0.655 bits per heavy atom. The van der Waals surface area contributed by atoms with Gasteiger partial charge in [0, 0.05) is 30.6 Å². The number of rotatable bonds is 1. The number of ether oxygens (including phenoxy) is 1. The van der Waals surface area contributed by atoms with E-state index < -0.39 is 0 Å². The summed E-state index contributed by atoms with van der Waals surface area (Å²) >= 11 is 0. The molecule has 0 amide bonds. The zero-order valence-corrected chi connectivity index (χ0v) is 16.6. The van der Waals surface area contributed by atoms with Gasteiger partial charge in [-0.25, -0.2) is 0 Å². The molecule has 6 rings (SSSR count). The molecule has 0 radical (unpaired) electrons. The third-order valence-electron chi connectivity index (χ3n) is 8.03. The van der Waals surface area contributed by atoms with Gasteiger partial charge >= 0.3 is 5.97 Å². The van der Waals surface area contributed by atoms with Crippen LogP contribution in [0.15, 0.2) is 48.6 Å². The van der Waals surface area contributed by atoms with Crippen LogP contribution < -0.4 is 0 Å². The van der Waals surface area contributed by atoms with Crippen molar-refractivity contribution in [2.24, 2.45) is 47.3 Å². The number of aliphatic hydroxyl groups is 3. The van der Waals surface area contributed by atoms with Crippen molar-refractivity contribution >= 4 is 5.97 Å². The van der Waals surface area contributed by atoms with E-state index in [0.717, 1.165) is 12.8 Å². The van der Waals surface area contributed by atoms with Crippen LogP contribution in [0.2, 0.25) is 0 Å². The van der Waals surface area contributed by atoms with E-state index >= 15 is 0 Å². The highest BCUT2D eigenvalue weighted by Gasteiger charge is 2.52. The number of allylic oxidation sites excluding steroid dienone is 4. The van der Waals surface area contributed by atoms with Crippen molar-refractivity contribution in [1.29, 1.82) is 0 Å². The summed E-state index contributed by atoms with van der Waals surface area (Å²) in [5, 5.41) is 29.6. The lowest BCUT2D eigenvalue weighted by Gasteiger charge is -2.37. The molecule has 156 valence electrons. The molecule has 0 spiro atoms. The van der Waals surface area contributed by atoms with Crippen molar-refractivity contribution in [3.63, 3.8) is 0 Å². The first-order valence-electron chi connectivity index (χ1n) is 10.9. The lowest BCUT2D eigenvalue weighted by molar-refractivity contribution is -0.149. The maximum atomic E-state index is 11.1. The topological polar surface area (TPSA) is 87.0 Å². The highest BCUT2D eigenvalue weighted by Crippen LogP contribution is 2.53. The standard InChI is InChI=1S/C13H16O3.C11H14O2/c1-7(14)16-11-5-4-10(15)12-8-2-3-9(6-8)13(11)12;12-8-3-4-9(13)11-7-2-1-6(5-7)10(8)11/h2-5,8-13,15H,6H2,1H3;1-4,6-13H,5H2/t8-,9+,10+,11-,12+,13-;6-,7+,8+,9-,10+,11-/m1./s1. The Labute approximate surface area is 171 Å². The molecule has 0 aliphatic heterocycles. The quantitative estimate of drug-likeness (QED) is 0.465. The Bertz CT molecular complexity index is 756. The number of carbonyl (C=O) groups is 1. The molecule has 0 aromatic rings. The van der Waals surface area contributed by atoms with Crippen LogP contribution in [0.4, 0.5) is 0 Å². The van der Waals surface area contributed by atoms with Gasteiger partial charge in [0.15, 0.2) is 0 Å². The van der Waals surface area contributed by atoms with Crippen LogP contribution in [-0.4, -0.2) is 45.7 Å². The van der Waals surface area contributed by atoms with Gasteiger partial charge in [-0.3, -0.25) is 4.79 Å². The summed E-state index contributed by atoms with van der Waals surface area (Å²) in [6.45, 7) is 1.44. The van der Waals surface area contributed by atoms with E-state index in [4.69, 9.17) is 4.74 Å². The number of hydrogen-bond donors (Lipinski definition) is 3. The van der Waals surface area contributed by atoms with Crippen LogP contribution in [-0.2, 0) is 9.53 Å². The second-order valence-corrected chi connectivity index (χ2v) is 9.52. The fourth-order valence-corrected chi connectivity index (χ4v) is 6.98. The molecular weight excluding hydrogens is 368 g/mol. The Kier molecular flexibility index (Phi) is 4.80. The molecule has 0 saturated heterocycles. The number of hydrogen-bond acceptors (Lipinski definition) is 5. The zero-order chi connectivity index (χ0) is 20.3. The molecule has 6 aliphatic rings. The van der Waals surface area contributed by atoms with Gasteiger partial charge in [-0.2, -0.15) is 0 Å². The van der Waals surface area contributed by atoms with Gasteiger partial charge in [0.2, 0.25) is 0 Å². The smallest absolute Gasteiger partial charge is 0.303 e. The summed E-state index contributed by atoms with van der Waals surface area (Å²) < 4.78 is 5.34. The molecule has 3 N–H and O–H groups in total. The molecule has 2 saturated carbocycles. The monoisotopic (exact) mass is 398 g/mol. The van der Waals surface area contributed by atoms with E-state index in [1.165, 1.54) is 6.92 Å². The first-order valence-corrected chi connectivity index (χ1v) is 10.9. The third kappa shape index (κ3) is 3.15. The fourth-order valence-electron chi connectivity index (χ4n) is 6.98. The number of fused-ring (bicyclic) bond motifs is 10. The lowest BCUT2D eigenvalue weighted by atomic mass is 9.73. The summed E-state index contributed by atoms with van der Waals surface area (Å²) in [6, 6.07) is 0. The second kappa shape index (κ2) is 7.22. The van der Waals surface area contributed by atoms with Crippen molar-refractivity contribution in [1.82, 2.24) is 0 Å². The highest BCUT2D eigenvalue weighted by atomic mass is 16.5. The van der Waals surface area contributed by atoms with Crippen LogP contribution in [0.3, 0.4) is 0 Å². The molecule has 12 atom stereocenters. The first kappa shape index (κ1) is 19.3. The van der Waals surface area contributed by atoms with Gasteiger partial charge in [0.1, 0.15) is 6.10 Å². The molecule has 29 heavy (non-hydrogen) atoms. The van der Waals surface area contributed by atoms with Gasteiger partial charge in [-0.15, -0.1) is 0 Å². The molecular formula is C24H30O5. The number of esters is 1. The molecule has 6 aliphatic carbocycles. The molecule has 0 heterocycles. The predicted octanol–water partition coefficient (Wildman–Crippen LogP) is 2.00. The summed E-state index contributed by atoms with van der Waals surface area (Å²) in [5.41, 5.74) is 0. The van der Waals surface area contributed by atoms with E-state index in [-0.39, 0.29) is 54.1 Å². The maximum absolute atomic E-state index is 11.1. The minimum atomic E-state index is -0.378. The maximum Gasteiger partial charge on any atom is 0.303 e. The average Bonchev–Trinajstić information content (AvgIpc) is 3.47. The van der Waals surface area contributed by atoms with Crippen LogP contribution in [0, 0.1) is 47.3 Å².